The fraction of sp³-hybridized carbons (Fsp3) is 0.875. The number of hydrogen-bond acceptors (Lipinski definition) is 2. The average Bonchev–Trinajstić information content (AvgIpc) is 1.97. The molecule has 0 aliphatic rings. The molecule has 0 aromatic heterocycles. The van der Waals surface area contributed by atoms with Crippen molar-refractivity contribution >= 4 is 18.5 Å². The number of rotatable bonds is 5. The van der Waals surface area contributed by atoms with Crippen LogP contribution >= 0.6 is 12.6 Å². The van der Waals surface area contributed by atoms with E-state index in [1.54, 1.807) is 0 Å². The van der Waals surface area contributed by atoms with Gasteiger partial charge in [0.15, 0.2) is 0 Å². The molecular formula is C8H17NOS. The third kappa shape index (κ3) is 7.72. The molecule has 11 heavy (non-hydrogen) atoms. The SMILES string of the molecule is CC(C)CCC(=O)NCCS. The van der Waals surface area contributed by atoms with E-state index in [-0.39, 0.29) is 5.91 Å². The lowest BCUT2D eigenvalue weighted by Gasteiger charge is -2.04. The maximum absolute atomic E-state index is 11.0. The van der Waals surface area contributed by atoms with Crippen molar-refractivity contribution in [2.75, 3.05) is 12.3 Å². The zero-order valence-corrected chi connectivity index (χ0v) is 8.16. The van der Waals surface area contributed by atoms with E-state index in [2.05, 4.69) is 31.8 Å². The number of nitrogens with one attached hydrogen (secondary N) is 1. The Hall–Kier alpha value is -0.180. The predicted molar refractivity (Wildman–Crippen MR) is 50.9 cm³/mol. The van der Waals surface area contributed by atoms with E-state index in [1.807, 2.05) is 0 Å². The molecule has 66 valence electrons. The van der Waals surface area contributed by atoms with Crippen LogP contribution in [0, 0.1) is 5.92 Å². The summed E-state index contributed by atoms with van der Waals surface area (Å²) in [6.45, 7) is 4.91. The van der Waals surface area contributed by atoms with E-state index in [0.29, 0.717) is 24.6 Å². The second-order valence-electron chi connectivity index (χ2n) is 3.01. The van der Waals surface area contributed by atoms with E-state index in [0.717, 1.165) is 6.42 Å². The molecule has 0 saturated carbocycles. The van der Waals surface area contributed by atoms with Crippen LogP contribution in [-0.2, 0) is 4.79 Å². The molecule has 1 amide bonds. The van der Waals surface area contributed by atoms with Crippen molar-refractivity contribution < 1.29 is 4.79 Å². The smallest absolute Gasteiger partial charge is 0.220 e. The van der Waals surface area contributed by atoms with Gasteiger partial charge in [-0.1, -0.05) is 13.8 Å². The molecule has 0 aliphatic heterocycles. The van der Waals surface area contributed by atoms with Gasteiger partial charge in [0, 0.05) is 18.7 Å². The molecule has 0 rings (SSSR count). The Balaban J connectivity index is 3.23. The molecule has 0 heterocycles. The minimum Gasteiger partial charge on any atom is -0.355 e. The van der Waals surface area contributed by atoms with Gasteiger partial charge in [0.05, 0.1) is 0 Å². The molecule has 0 fully saturated rings. The molecule has 0 atom stereocenters. The minimum atomic E-state index is 0.146. The monoisotopic (exact) mass is 175 g/mol. The average molecular weight is 175 g/mol. The van der Waals surface area contributed by atoms with Crippen LogP contribution in [0.25, 0.3) is 0 Å². The highest BCUT2D eigenvalue weighted by Gasteiger charge is 2.00. The number of carbonyl (C=O) groups excluding carboxylic acids is 1. The van der Waals surface area contributed by atoms with Gasteiger partial charge in [0.2, 0.25) is 5.91 Å². The van der Waals surface area contributed by atoms with Crippen LogP contribution in [0.4, 0.5) is 0 Å². The third-order valence-corrected chi connectivity index (χ3v) is 1.61. The zero-order chi connectivity index (χ0) is 8.69. The summed E-state index contributed by atoms with van der Waals surface area (Å²) in [5.41, 5.74) is 0. The van der Waals surface area contributed by atoms with E-state index < -0.39 is 0 Å². The molecule has 0 bridgehead atoms. The van der Waals surface area contributed by atoms with E-state index in [1.165, 1.54) is 0 Å². The summed E-state index contributed by atoms with van der Waals surface area (Å²) in [6.07, 6.45) is 1.61. The van der Waals surface area contributed by atoms with Crippen molar-refractivity contribution in [3.63, 3.8) is 0 Å². The standard InChI is InChI=1S/C8H17NOS/c1-7(2)3-4-8(10)9-5-6-11/h7,11H,3-6H2,1-2H3,(H,9,10). The second-order valence-corrected chi connectivity index (χ2v) is 3.45. The third-order valence-electron chi connectivity index (χ3n) is 1.38. The summed E-state index contributed by atoms with van der Waals surface area (Å²) in [5, 5.41) is 2.77. The summed E-state index contributed by atoms with van der Waals surface area (Å²) in [4.78, 5) is 11.0. The van der Waals surface area contributed by atoms with Gasteiger partial charge in [-0.05, 0) is 12.3 Å². The van der Waals surface area contributed by atoms with Crippen LogP contribution in [0.3, 0.4) is 0 Å². The number of amides is 1. The molecule has 3 heteroatoms. The molecular weight excluding hydrogens is 158 g/mol. The first-order valence-electron chi connectivity index (χ1n) is 4.04. The molecule has 0 spiro atoms. The van der Waals surface area contributed by atoms with Gasteiger partial charge in [-0.25, -0.2) is 0 Å². The lowest BCUT2D eigenvalue weighted by atomic mass is 10.1. The van der Waals surface area contributed by atoms with E-state index in [9.17, 15) is 4.79 Å². The van der Waals surface area contributed by atoms with Crippen molar-refractivity contribution in [3.8, 4) is 0 Å². The second kappa shape index (κ2) is 6.53. The minimum absolute atomic E-state index is 0.146. The summed E-state index contributed by atoms with van der Waals surface area (Å²) < 4.78 is 0. The first-order valence-corrected chi connectivity index (χ1v) is 4.67. The van der Waals surface area contributed by atoms with Gasteiger partial charge in [0.1, 0.15) is 0 Å². The van der Waals surface area contributed by atoms with Gasteiger partial charge in [-0.15, -0.1) is 0 Å². The molecule has 0 aromatic rings. The van der Waals surface area contributed by atoms with Gasteiger partial charge < -0.3 is 5.32 Å². The Morgan fingerprint density at radius 1 is 1.55 bits per heavy atom. The molecule has 0 aliphatic carbocycles. The molecule has 0 aromatic carbocycles. The van der Waals surface area contributed by atoms with Gasteiger partial charge in [-0.3, -0.25) is 4.79 Å². The largest absolute Gasteiger partial charge is 0.355 e. The van der Waals surface area contributed by atoms with Crippen molar-refractivity contribution in [1.29, 1.82) is 0 Å². The maximum atomic E-state index is 11.0. The Morgan fingerprint density at radius 2 is 2.18 bits per heavy atom. The highest BCUT2D eigenvalue weighted by Crippen LogP contribution is 2.02. The Bertz CT molecular complexity index is 115. The summed E-state index contributed by atoms with van der Waals surface area (Å²) in [6, 6.07) is 0. The quantitative estimate of drug-likeness (QED) is 0.609. The van der Waals surface area contributed by atoms with Gasteiger partial charge in [0.25, 0.3) is 0 Å². The molecule has 0 unspecified atom stereocenters. The topological polar surface area (TPSA) is 29.1 Å². The Morgan fingerprint density at radius 3 is 2.64 bits per heavy atom. The van der Waals surface area contributed by atoms with Crippen LogP contribution in [0.15, 0.2) is 0 Å². The highest BCUT2D eigenvalue weighted by molar-refractivity contribution is 7.80. The van der Waals surface area contributed by atoms with Crippen LogP contribution in [0.2, 0.25) is 0 Å². The fourth-order valence-electron chi connectivity index (χ4n) is 0.703. The summed E-state index contributed by atoms with van der Waals surface area (Å²) in [7, 11) is 0. The number of thiol groups is 1. The predicted octanol–water partition coefficient (Wildman–Crippen LogP) is 1.47. The first-order chi connectivity index (χ1) is 5.16. The maximum Gasteiger partial charge on any atom is 0.220 e. The van der Waals surface area contributed by atoms with E-state index >= 15 is 0 Å². The van der Waals surface area contributed by atoms with Crippen LogP contribution in [0.5, 0.6) is 0 Å². The number of hydrogen-bond donors (Lipinski definition) is 2. The van der Waals surface area contributed by atoms with Crippen LogP contribution < -0.4 is 5.32 Å². The van der Waals surface area contributed by atoms with Crippen molar-refractivity contribution in [1.82, 2.24) is 5.32 Å². The summed E-state index contributed by atoms with van der Waals surface area (Å²) >= 11 is 3.99. The van der Waals surface area contributed by atoms with Gasteiger partial charge >= 0.3 is 0 Å². The zero-order valence-electron chi connectivity index (χ0n) is 7.26. The van der Waals surface area contributed by atoms with Crippen LogP contribution in [0.1, 0.15) is 26.7 Å². The molecule has 2 nitrogen and oxygen atoms in total. The van der Waals surface area contributed by atoms with Crippen molar-refractivity contribution in [3.05, 3.63) is 0 Å². The Kier molecular flexibility index (Phi) is 6.42. The fourth-order valence-corrected chi connectivity index (χ4v) is 0.815. The normalized spacial score (nSPS) is 10.2. The lowest BCUT2D eigenvalue weighted by molar-refractivity contribution is -0.121. The van der Waals surface area contributed by atoms with Crippen molar-refractivity contribution in [2.24, 2.45) is 5.92 Å². The molecule has 1 N–H and O–H groups in total. The van der Waals surface area contributed by atoms with Crippen LogP contribution in [-0.4, -0.2) is 18.2 Å². The molecule has 0 saturated heterocycles. The summed E-state index contributed by atoms with van der Waals surface area (Å²) in [5.74, 6) is 1.47. The van der Waals surface area contributed by atoms with Crippen molar-refractivity contribution in [2.45, 2.75) is 26.7 Å². The first kappa shape index (κ1) is 10.8. The lowest BCUT2D eigenvalue weighted by Crippen LogP contribution is -2.25. The Labute approximate surface area is 74.2 Å². The van der Waals surface area contributed by atoms with E-state index in [4.69, 9.17) is 0 Å². The number of carbonyl (C=O) groups is 1. The van der Waals surface area contributed by atoms with Gasteiger partial charge in [-0.2, -0.15) is 12.6 Å². The molecule has 0 radical (unpaired) electrons. The highest BCUT2D eigenvalue weighted by atomic mass is 32.1.